The summed E-state index contributed by atoms with van der Waals surface area (Å²) >= 11 is 1.45. The van der Waals surface area contributed by atoms with E-state index in [1.54, 1.807) is 7.11 Å². The fourth-order valence-electron chi connectivity index (χ4n) is 4.72. The number of benzene rings is 2. The van der Waals surface area contributed by atoms with Gasteiger partial charge in [0.2, 0.25) is 11.8 Å². The molecule has 3 heterocycles. The predicted octanol–water partition coefficient (Wildman–Crippen LogP) is 4.61. The summed E-state index contributed by atoms with van der Waals surface area (Å²) in [4.78, 5) is 36.5. The number of hydrogen-bond acceptors (Lipinski definition) is 8. The van der Waals surface area contributed by atoms with Crippen LogP contribution in [0, 0.1) is 0 Å². The standard InChI is InChI=1S/C30H33N5O4S/c1-30(2,3)26-17-40-29(34-26)32-15-27(36)35-16-20(13-24(35)28(31)37)39-25-14-22(18-8-6-5-7-9-18)33-23-12-19(38-4)10-11-21(23)25/h5-12,14,17,20,24H,13,15-16H2,1-4H3,(H2,31,37)(H,32,34)/t20-,24?/m1/s1. The van der Waals surface area contributed by atoms with Gasteiger partial charge in [0.15, 0.2) is 5.13 Å². The maximum Gasteiger partial charge on any atom is 0.242 e. The van der Waals surface area contributed by atoms with E-state index in [1.165, 1.54) is 16.2 Å². The molecule has 208 valence electrons. The number of likely N-dealkylation sites (tertiary alicyclic amines) is 1. The summed E-state index contributed by atoms with van der Waals surface area (Å²) in [5.74, 6) is 0.504. The minimum absolute atomic E-state index is 0.00370. The molecular weight excluding hydrogens is 526 g/mol. The summed E-state index contributed by atoms with van der Waals surface area (Å²) in [5, 5.41) is 6.55. The molecule has 1 unspecified atom stereocenters. The molecule has 1 aliphatic heterocycles. The summed E-state index contributed by atoms with van der Waals surface area (Å²) in [6.45, 7) is 6.50. The van der Waals surface area contributed by atoms with E-state index < -0.39 is 18.1 Å². The lowest BCUT2D eigenvalue weighted by atomic mass is 9.93. The normalized spacial score (nSPS) is 17.1. The third-order valence-electron chi connectivity index (χ3n) is 6.92. The molecule has 1 aliphatic rings. The van der Waals surface area contributed by atoms with Crippen molar-refractivity contribution in [1.82, 2.24) is 14.9 Å². The highest BCUT2D eigenvalue weighted by Crippen LogP contribution is 2.34. The molecule has 0 aliphatic carbocycles. The number of amides is 2. The first-order valence-electron chi connectivity index (χ1n) is 13.1. The first-order valence-corrected chi connectivity index (χ1v) is 14.0. The van der Waals surface area contributed by atoms with Crippen molar-refractivity contribution in [2.75, 3.05) is 25.5 Å². The number of carbonyl (C=O) groups excluding carboxylic acids is 2. The summed E-state index contributed by atoms with van der Waals surface area (Å²) in [7, 11) is 1.61. The first-order chi connectivity index (χ1) is 19.1. The number of thiazole rings is 1. The van der Waals surface area contributed by atoms with Gasteiger partial charge in [0.1, 0.15) is 23.6 Å². The molecule has 3 N–H and O–H groups in total. The number of fused-ring (bicyclic) bond motifs is 1. The third kappa shape index (κ3) is 5.86. The van der Waals surface area contributed by atoms with Gasteiger partial charge in [-0.3, -0.25) is 9.59 Å². The van der Waals surface area contributed by atoms with Gasteiger partial charge in [-0.15, -0.1) is 11.3 Å². The zero-order valence-corrected chi connectivity index (χ0v) is 23.8. The van der Waals surface area contributed by atoms with E-state index in [1.807, 2.05) is 60.0 Å². The van der Waals surface area contributed by atoms with E-state index in [9.17, 15) is 9.59 Å². The first kappa shape index (κ1) is 27.4. The zero-order chi connectivity index (χ0) is 28.4. The van der Waals surface area contributed by atoms with Crippen molar-refractivity contribution < 1.29 is 19.1 Å². The van der Waals surface area contributed by atoms with Gasteiger partial charge in [0.25, 0.3) is 0 Å². The number of ether oxygens (including phenoxy) is 2. The molecule has 0 saturated carbocycles. The Morgan fingerprint density at radius 3 is 2.58 bits per heavy atom. The van der Waals surface area contributed by atoms with Gasteiger partial charge >= 0.3 is 0 Å². The van der Waals surface area contributed by atoms with E-state index in [2.05, 4.69) is 31.1 Å². The van der Waals surface area contributed by atoms with Crippen molar-refractivity contribution in [2.45, 2.75) is 44.8 Å². The number of hydrogen-bond donors (Lipinski definition) is 2. The fraction of sp³-hybridized carbons (Fsp3) is 0.333. The van der Waals surface area contributed by atoms with Crippen LogP contribution in [-0.4, -0.2) is 59.0 Å². The van der Waals surface area contributed by atoms with Gasteiger partial charge < -0.3 is 25.4 Å². The fourth-order valence-corrected chi connectivity index (χ4v) is 5.65. The highest BCUT2D eigenvalue weighted by atomic mass is 32.1. The molecule has 2 amide bonds. The van der Waals surface area contributed by atoms with Crippen molar-refractivity contribution in [1.29, 1.82) is 0 Å². The smallest absolute Gasteiger partial charge is 0.242 e. The van der Waals surface area contributed by atoms with Crippen LogP contribution in [0.5, 0.6) is 11.5 Å². The molecular formula is C30H33N5O4S. The SMILES string of the molecule is COc1ccc2c(O[C@@H]3CC(C(N)=O)N(C(=O)CNc4nc(C(C)(C)C)cs4)C3)cc(-c3ccccc3)nc2c1. The van der Waals surface area contributed by atoms with Gasteiger partial charge in [-0.1, -0.05) is 51.1 Å². The Kier molecular flexibility index (Phi) is 7.62. The van der Waals surface area contributed by atoms with Crippen LogP contribution in [0.1, 0.15) is 32.9 Å². The number of aromatic nitrogens is 2. The second kappa shape index (κ2) is 11.1. The van der Waals surface area contributed by atoms with E-state index in [0.29, 0.717) is 23.1 Å². The number of methoxy groups -OCH3 is 1. The molecule has 10 heteroatoms. The molecule has 1 saturated heterocycles. The monoisotopic (exact) mass is 559 g/mol. The molecule has 9 nitrogen and oxygen atoms in total. The Bertz CT molecular complexity index is 1530. The molecule has 2 atom stereocenters. The Morgan fingerprint density at radius 1 is 1.12 bits per heavy atom. The van der Waals surface area contributed by atoms with Crippen LogP contribution in [-0.2, 0) is 15.0 Å². The summed E-state index contributed by atoms with van der Waals surface area (Å²) in [6.07, 6.45) is -0.127. The largest absolute Gasteiger partial charge is 0.497 e. The van der Waals surface area contributed by atoms with Crippen LogP contribution in [0.25, 0.3) is 22.2 Å². The zero-order valence-electron chi connectivity index (χ0n) is 23.0. The second-order valence-electron chi connectivity index (χ2n) is 10.8. The highest BCUT2D eigenvalue weighted by molar-refractivity contribution is 7.13. The van der Waals surface area contributed by atoms with Crippen LogP contribution in [0.2, 0.25) is 0 Å². The lowest BCUT2D eigenvalue weighted by molar-refractivity contribution is -0.135. The third-order valence-corrected chi connectivity index (χ3v) is 7.72. The molecule has 2 aromatic carbocycles. The Hall–Kier alpha value is -4.18. The number of nitrogens with two attached hydrogens (primary N) is 1. The molecule has 2 aromatic heterocycles. The molecule has 0 radical (unpaired) electrons. The quantitative estimate of drug-likeness (QED) is 0.324. The maximum absolute atomic E-state index is 13.2. The maximum atomic E-state index is 13.2. The van der Waals surface area contributed by atoms with Gasteiger partial charge in [-0.25, -0.2) is 9.97 Å². The van der Waals surface area contributed by atoms with E-state index in [4.69, 9.17) is 20.2 Å². The van der Waals surface area contributed by atoms with E-state index in [-0.39, 0.29) is 24.4 Å². The Balaban J connectivity index is 1.36. The van der Waals surface area contributed by atoms with Gasteiger partial charge in [-0.2, -0.15) is 0 Å². The van der Waals surface area contributed by atoms with Crippen LogP contribution in [0.4, 0.5) is 5.13 Å². The van der Waals surface area contributed by atoms with Gasteiger partial charge in [0.05, 0.1) is 37.1 Å². The highest BCUT2D eigenvalue weighted by Gasteiger charge is 2.40. The minimum Gasteiger partial charge on any atom is -0.497 e. The number of nitrogens with one attached hydrogen (secondary N) is 1. The van der Waals surface area contributed by atoms with Crippen molar-refractivity contribution >= 4 is 39.2 Å². The average Bonchev–Trinajstić information content (AvgIpc) is 3.60. The van der Waals surface area contributed by atoms with Crippen molar-refractivity contribution in [3.8, 4) is 22.8 Å². The van der Waals surface area contributed by atoms with Crippen LogP contribution in [0.15, 0.2) is 60.0 Å². The Labute approximate surface area is 237 Å². The molecule has 0 bridgehead atoms. The second-order valence-corrected chi connectivity index (χ2v) is 11.7. The summed E-state index contributed by atoms with van der Waals surface area (Å²) < 4.78 is 11.9. The molecule has 5 rings (SSSR count). The molecule has 1 fully saturated rings. The molecule has 4 aromatic rings. The number of anilines is 1. The molecule has 0 spiro atoms. The number of carbonyl (C=O) groups is 2. The predicted molar refractivity (Wildman–Crippen MR) is 157 cm³/mol. The summed E-state index contributed by atoms with van der Waals surface area (Å²) in [6, 6.07) is 16.6. The lowest BCUT2D eigenvalue weighted by Crippen LogP contribution is -2.45. The number of nitrogens with zero attached hydrogens (tertiary/aromatic N) is 3. The number of rotatable bonds is 8. The van der Waals surface area contributed by atoms with E-state index in [0.717, 1.165) is 27.9 Å². The van der Waals surface area contributed by atoms with Crippen LogP contribution >= 0.6 is 11.3 Å². The van der Waals surface area contributed by atoms with Crippen molar-refractivity contribution in [3.05, 3.63) is 65.7 Å². The van der Waals surface area contributed by atoms with Gasteiger partial charge in [0, 0.05) is 40.3 Å². The van der Waals surface area contributed by atoms with Crippen molar-refractivity contribution in [2.24, 2.45) is 5.73 Å². The topological polar surface area (TPSA) is 120 Å². The lowest BCUT2D eigenvalue weighted by Gasteiger charge is -2.22. The number of pyridine rings is 1. The summed E-state index contributed by atoms with van der Waals surface area (Å²) in [5.41, 5.74) is 9.00. The minimum atomic E-state index is -0.762. The van der Waals surface area contributed by atoms with E-state index >= 15 is 0 Å². The van der Waals surface area contributed by atoms with Crippen LogP contribution < -0.4 is 20.5 Å². The van der Waals surface area contributed by atoms with Gasteiger partial charge in [-0.05, 0) is 12.1 Å². The number of primary amides is 1. The molecule has 40 heavy (non-hydrogen) atoms. The average molecular weight is 560 g/mol. The Morgan fingerprint density at radius 2 is 1.90 bits per heavy atom. The van der Waals surface area contributed by atoms with Crippen LogP contribution in [0.3, 0.4) is 0 Å². The van der Waals surface area contributed by atoms with Crippen molar-refractivity contribution in [3.63, 3.8) is 0 Å².